The first-order chi connectivity index (χ1) is 8.46. The maximum atomic E-state index is 6.12. The van der Waals surface area contributed by atoms with Gasteiger partial charge in [-0.25, -0.2) is 0 Å². The standard InChI is InChI=1S/C14H18Cl2O2/c1-14(2)17-9-12(18-14)5-3-4-10-8-11(15)6-7-13(10)16/h6-8,12H,3-5,9H2,1-2H3. The molecule has 1 aromatic rings. The molecule has 1 unspecified atom stereocenters. The Morgan fingerprint density at radius 3 is 2.78 bits per heavy atom. The molecular weight excluding hydrogens is 271 g/mol. The maximum Gasteiger partial charge on any atom is 0.163 e. The molecule has 1 heterocycles. The number of hydrogen-bond donors (Lipinski definition) is 0. The molecule has 0 bridgehead atoms. The van der Waals surface area contributed by atoms with Crippen LogP contribution in [0.5, 0.6) is 0 Å². The lowest BCUT2D eigenvalue weighted by molar-refractivity contribution is -0.139. The number of ether oxygens (including phenoxy) is 2. The van der Waals surface area contributed by atoms with E-state index in [4.69, 9.17) is 32.7 Å². The molecule has 1 atom stereocenters. The van der Waals surface area contributed by atoms with Crippen molar-refractivity contribution in [2.24, 2.45) is 0 Å². The average Bonchev–Trinajstić information content (AvgIpc) is 2.63. The summed E-state index contributed by atoms with van der Waals surface area (Å²) in [4.78, 5) is 0. The molecule has 0 N–H and O–H groups in total. The SMILES string of the molecule is CC1(C)OCC(CCCc2cc(Cl)ccc2Cl)O1. The van der Waals surface area contributed by atoms with Gasteiger partial charge in [0, 0.05) is 10.0 Å². The summed E-state index contributed by atoms with van der Waals surface area (Å²) in [6, 6.07) is 5.58. The number of benzene rings is 1. The number of halogens is 2. The highest BCUT2D eigenvalue weighted by Gasteiger charge is 2.31. The number of aryl methyl sites for hydroxylation is 1. The molecule has 2 nitrogen and oxygen atoms in total. The highest BCUT2D eigenvalue weighted by atomic mass is 35.5. The third-order valence-electron chi connectivity index (χ3n) is 3.05. The minimum atomic E-state index is -0.432. The van der Waals surface area contributed by atoms with Gasteiger partial charge in [0.2, 0.25) is 0 Å². The van der Waals surface area contributed by atoms with Gasteiger partial charge in [0.05, 0.1) is 12.7 Å². The van der Waals surface area contributed by atoms with E-state index < -0.39 is 5.79 Å². The van der Waals surface area contributed by atoms with Crippen molar-refractivity contribution >= 4 is 23.2 Å². The predicted molar refractivity (Wildman–Crippen MR) is 74.3 cm³/mol. The van der Waals surface area contributed by atoms with E-state index in [1.165, 1.54) is 0 Å². The van der Waals surface area contributed by atoms with Crippen LogP contribution in [0.4, 0.5) is 0 Å². The van der Waals surface area contributed by atoms with E-state index in [9.17, 15) is 0 Å². The Morgan fingerprint density at radius 2 is 2.11 bits per heavy atom. The summed E-state index contributed by atoms with van der Waals surface area (Å²) in [5, 5.41) is 1.51. The summed E-state index contributed by atoms with van der Waals surface area (Å²) < 4.78 is 11.3. The van der Waals surface area contributed by atoms with Crippen LogP contribution < -0.4 is 0 Å². The van der Waals surface area contributed by atoms with Gasteiger partial charge in [0.15, 0.2) is 5.79 Å². The van der Waals surface area contributed by atoms with E-state index in [0.29, 0.717) is 6.61 Å². The van der Waals surface area contributed by atoms with Crippen molar-refractivity contribution in [3.8, 4) is 0 Å². The van der Waals surface area contributed by atoms with E-state index in [2.05, 4.69) is 0 Å². The van der Waals surface area contributed by atoms with Gasteiger partial charge in [-0.15, -0.1) is 0 Å². The van der Waals surface area contributed by atoms with Gasteiger partial charge in [0.1, 0.15) is 0 Å². The Bertz CT molecular complexity index is 418. The van der Waals surface area contributed by atoms with Crippen molar-refractivity contribution in [2.45, 2.75) is 45.0 Å². The van der Waals surface area contributed by atoms with Crippen LogP contribution in [0, 0.1) is 0 Å². The van der Waals surface area contributed by atoms with Crippen LogP contribution in [0.1, 0.15) is 32.3 Å². The first-order valence-corrected chi connectivity index (χ1v) is 6.97. The molecule has 1 fully saturated rings. The third kappa shape index (κ3) is 3.86. The summed E-state index contributed by atoms with van der Waals surface area (Å²) in [5.74, 6) is -0.432. The van der Waals surface area contributed by atoms with E-state index >= 15 is 0 Å². The minimum absolute atomic E-state index is 0.193. The molecule has 1 saturated heterocycles. The Hall–Kier alpha value is -0.280. The molecule has 0 saturated carbocycles. The highest BCUT2D eigenvalue weighted by Crippen LogP contribution is 2.27. The molecule has 0 aliphatic carbocycles. The number of rotatable bonds is 4. The van der Waals surface area contributed by atoms with Gasteiger partial charge in [-0.05, 0) is 56.9 Å². The molecule has 0 aromatic heterocycles. The summed E-state index contributed by atoms with van der Waals surface area (Å²) in [6.07, 6.45) is 3.11. The molecule has 4 heteroatoms. The summed E-state index contributed by atoms with van der Waals surface area (Å²) in [5.41, 5.74) is 1.10. The van der Waals surface area contributed by atoms with E-state index in [1.54, 1.807) is 0 Å². The first-order valence-electron chi connectivity index (χ1n) is 6.22. The van der Waals surface area contributed by atoms with Crippen LogP contribution in [0.2, 0.25) is 10.0 Å². The molecule has 1 aromatic carbocycles. The van der Waals surface area contributed by atoms with Crippen LogP contribution in [0.25, 0.3) is 0 Å². The van der Waals surface area contributed by atoms with Crippen LogP contribution in [0.3, 0.4) is 0 Å². The van der Waals surface area contributed by atoms with Crippen molar-refractivity contribution in [1.29, 1.82) is 0 Å². The highest BCUT2D eigenvalue weighted by molar-refractivity contribution is 6.33. The fourth-order valence-corrected chi connectivity index (χ4v) is 2.57. The lowest BCUT2D eigenvalue weighted by Gasteiger charge is -2.17. The molecule has 100 valence electrons. The zero-order valence-corrected chi connectivity index (χ0v) is 12.2. The second-order valence-corrected chi connectivity index (χ2v) is 5.92. The Morgan fingerprint density at radius 1 is 1.33 bits per heavy atom. The second kappa shape index (κ2) is 5.79. The van der Waals surface area contributed by atoms with Gasteiger partial charge in [0.25, 0.3) is 0 Å². The van der Waals surface area contributed by atoms with Crippen LogP contribution >= 0.6 is 23.2 Å². The Balaban J connectivity index is 1.80. The third-order valence-corrected chi connectivity index (χ3v) is 3.65. The van der Waals surface area contributed by atoms with Gasteiger partial charge in [-0.3, -0.25) is 0 Å². The summed E-state index contributed by atoms with van der Waals surface area (Å²) in [6.45, 7) is 4.57. The van der Waals surface area contributed by atoms with E-state index in [-0.39, 0.29) is 6.10 Å². The molecular formula is C14H18Cl2O2. The lowest BCUT2D eigenvalue weighted by atomic mass is 10.1. The minimum Gasteiger partial charge on any atom is -0.348 e. The summed E-state index contributed by atoms with van der Waals surface area (Å²) in [7, 11) is 0. The normalized spacial score (nSPS) is 22.3. The molecule has 0 spiro atoms. The van der Waals surface area contributed by atoms with Crippen LogP contribution in [0.15, 0.2) is 18.2 Å². The topological polar surface area (TPSA) is 18.5 Å². The predicted octanol–water partition coefficient (Wildman–Crippen LogP) is 4.47. The molecule has 1 aliphatic rings. The lowest BCUT2D eigenvalue weighted by Crippen LogP contribution is -2.21. The molecule has 18 heavy (non-hydrogen) atoms. The monoisotopic (exact) mass is 288 g/mol. The molecule has 0 radical (unpaired) electrons. The van der Waals surface area contributed by atoms with Crippen molar-refractivity contribution in [1.82, 2.24) is 0 Å². The smallest absolute Gasteiger partial charge is 0.163 e. The maximum absolute atomic E-state index is 6.12. The Labute approximate surface area is 118 Å². The first kappa shape index (κ1) is 14.1. The zero-order chi connectivity index (χ0) is 13.2. The molecule has 2 rings (SSSR count). The molecule has 0 amide bonds. The van der Waals surface area contributed by atoms with Crippen molar-refractivity contribution in [2.75, 3.05) is 6.61 Å². The second-order valence-electron chi connectivity index (χ2n) is 5.08. The quantitative estimate of drug-likeness (QED) is 0.814. The summed E-state index contributed by atoms with van der Waals surface area (Å²) >= 11 is 12.1. The largest absolute Gasteiger partial charge is 0.348 e. The van der Waals surface area contributed by atoms with Crippen molar-refractivity contribution in [3.05, 3.63) is 33.8 Å². The van der Waals surface area contributed by atoms with E-state index in [1.807, 2.05) is 32.0 Å². The van der Waals surface area contributed by atoms with Gasteiger partial charge in [-0.1, -0.05) is 23.2 Å². The zero-order valence-electron chi connectivity index (χ0n) is 10.7. The van der Waals surface area contributed by atoms with Gasteiger partial charge >= 0.3 is 0 Å². The fraction of sp³-hybridized carbons (Fsp3) is 0.571. The van der Waals surface area contributed by atoms with Crippen LogP contribution in [-0.4, -0.2) is 18.5 Å². The van der Waals surface area contributed by atoms with Crippen molar-refractivity contribution < 1.29 is 9.47 Å². The fourth-order valence-electron chi connectivity index (χ4n) is 2.16. The van der Waals surface area contributed by atoms with Crippen molar-refractivity contribution in [3.63, 3.8) is 0 Å². The van der Waals surface area contributed by atoms with Gasteiger partial charge < -0.3 is 9.47 Å². The Kier molecular flexibility index (Phi) is 4.54. The van der Waals surface area contributed by atoms with Gasteiger partial charge in [-0.2, -0.15) is 0 Å². The average molecular weight is 289 g/mol. The molecule has 1 aliphatic heterocycles. The van der Waals surface area contributed by atoms with E-state index in [0.717, 1.165) is 34.9 Å². The van der Waals surface area contributed by atoms with Crippen LogP contribution in [-0.2, 0) is 15.9 Å². The number of hydrogen-bond acceptors (Lipinski definition) is 2.